The minimum absolute atomic E-state index is 0.0913. The molecule has 3 aliphatic rings. The van der Waals surface area contributed by atoms with Crippen molar-refractivity contribution in [2.45, 2.75) is 56.8 Å². The topological polar surface area (TPSA) is 72.9 Å². The number of hydrogen-bond acceptors (Lipinski definition) is 4. The standard InChI is InChI=1S/C30H35ClF3N3O3/c1-19-24(12-15-36(2)27(39)29(40,30(32,33)34)20-6-4-3-5-7-20)28(19)13-16-37(17-14-28)22-10-11-23(25(31)18-22)26(38)35-21-8-9-21/h3-7,10-11,18-19,21,24,40H,8-9,12-17H2,1-2H3,(H,35,38)/t19-,24+,29+/m0/s1. The van der Waals surface area contributed by atoms with E-state index in [4.69, 9.17) is 11.6 Å². The molecule has 1 aliphatic heterocycles. The Hall–Kier alpha value is -2.78. The molecule has 2 N–H and O–H groups in total. The van der Waals surface area contributed by atoms with Crippen LogP contribution in [0.15, 0.2) is 48.5 Å². The van der Waals surface area contributed by atoms with E-state index in [1.165, 1.54) is 25.2 Å². The zero-order valence-corrected chi connectivity index (χ0v) is 23.4. The highest BCUT2D eigenvalue weighted by molar-refractivity contribution is 6.34. The van der Waals surface area contributed by atoms with Gasteiger partial charge in [-0.2, -0.15) is 13.2 Å². The summed E-state index contributed by atoms with van der Waals surface area (Å²) in [5, 5.41) is 14.0. The SMILES string of the molecule is C[C@H]1[C@@H](CCN(C)C(=O)[C@](O)(c2ccccc2)C(F)(F)F)C12CCN(c1ccc(C(=O)NC3CC3)c(Cl)c1)CC2. The predicted octanol–water partition coefficient (Wildman–Crippen LogP) is 5.38. The molecule has 10 heteroatoms. The van der Waals surface area contributed by atoms with Crippen LogP contribution in [0.2, 0.25) is 5.02 Å². The highest BCUT2D eigenvalue weighted by atomic mass is 35.5. The van der Waals surface area contributed by atoms with Gasteiger partial charge in [-0.1, -0.05) is 48.9 Å². The number of nitrogens with one attached hydrogen (secondary N) is 1. The van der Waals surface area contributed by atoms with Gasteiger partial charge in [0.05, 0.1) is 10.6 Å². The number of nitrogens with zero attached hydrogens (tertiary/aromatic N) is 2. The van der Waals surface area contributed by atoms with Crippen LogP contribution in [0.5, 0.6) is 0 Å². The van der Waals surface area contributed by atoms with Crippen LogP contribution in [-0.4, -0.2) is 60.7 Å². The Morgan fingerprint density at radius 3 is 2.35 bits per heavy atom. The fourth-order valence-electron chi connectivity index (χ4n) is 6.52. The molecule has 0 radical (unpaired) electrons. The maximum Gasteiger partial charge on any atom is 0.430 e. The number of benzene rings is 2. The molecule has 2 aromatic rings. The van der Waals surface area contributed by atoms with Crippen molar-refractivity contribution in [1.29, 1.82) is 0 Å². The lowest BCUT2D eigenvalue weighted by molar-refractivity contribution is -0.261. The second kappa shape index (κ2) is 10.6. The number of piperidine rings is 1. The molecule has 2 saturated carbocycles. The number of likely N-dealkylation sites (N-methyl/N-ethyl adjacent to an activating group) is 1. The third-order valence-corrected chi connectivity index (χ3v) is 9.66. The van der Waals surface area contributed by atoms with Crippen LogP contribution in [0.25, 0.3) is 0 Å². The predicted molar refractivity (Wildman–Crippen MR) is 147 cm³/mol. The van der Waals surface area contributed by atoms with Gasteiger partial charge in [-0.15, -0.1) is 0 Å². The largest absolute Gasteiger partial charge is 0.430 e. The molecule has 1 heterocycles. The molecule has 1 saturated heterocycles. The van der Waals surface area contributed by atoms with Crippen LogP contribution >= 0.6 is 11.6 Å². The van der Waals surface area contributed by atoms with Crippen LogP contribution in [0, 0.1) is 17.3 Å². The molecular weight excluding hydrogens is 543 g/mol. The Bertz CT molecular complexity index is 1260. The lowest BCUT2D eigenvalue weighted by atomic mass is 9.88. The molecule has 0 aromatic heterocycles. The van der Waals surface area contributed by atoms with Gasteiger partial charge >= 0.3 is 6.18 Å². The minimum atomic E-state index is -5.15. The zero-order chi connectivity index (χ0) is 28.9. The van der Waals surface area contributed by atoms with Crippen LogP contribution in [0.3, 0.4) is 0 Å². The Morgan fingerprint density at radius 1 is 1.12 bits per heavy atom. The van der Waals surface area contributed by atoms with Gasteiger partial charge in [0.2, 0.25) is 0 Å². The van der Waals surface area contributed by atoms with E-state index >= 15 is 0 Å². The van der Waals surface area contributed by atoms with Crippen molar-refractivity contribution >= 4 is 29.1 Å². The molecule has 3 fully saturated rings. The summed E-state index contributed by atoms with van der Waals surface area (Å²) >= 11 is 6.45. The van der Waals surface area contributed by atoms with E-state index in [2.05, 4.69) is 17.1 Å². The van der Waals surface area contributed by atoms with Gasteiger partial charge in [0.1, 0.15) is 0 Å². The fraction of sp³-hybridized carbons (Fsp3) is 0.533. The van der Waals surface area contributed by atoms with Crippen molar-refractivity contribution in [3.63, 3.8) is 0 Å². The Kier molecular flexibility index (Phi) is 7.59. The molecule has 3 atom stereocenters. The molecule has 2 amide bonds. The molecule has 0 bridgehead atoms. The van der Waals surface area contributed by atoms with Crippen molar-refractivity contribution in [3.05, 3.63) is 64.7 Å². The summed E-state index contributed by atoms with van der Waals surface area (Å²) in [5.74, 6) is -0.828. The summed E-state index contributed by atoms with van der Waals surface area (Å²) in [6.45, 7) is 3.91. The molecule has 2 aromatic carbocycles. The van der Waals surface area contributed by atoms with Gasteiger partial charge in [0.15, 0.2) is 0 Å². The smallest absolute Gasteiger partial charge is 0.371 e. The highest BCUT2D eigenvalue weighted by Crippen LogP contribution is 2.66. The second-order valence-electron chi connectivity index (χ2n) is 11.6. The van der Waals surface area contributed by atoms with E-state index in [-0.39, 0.29) is 29.8 Å². The van der Waals surface area contributed by atoms with Crippen LogP contribution in [-0.2, 0) is 10.4 Å². The molecule has 40 heavy (non-hydrogen) atoms. The normalized spacial score (nSPS) is 23.4. The van der Waals surface area contributed by atoms with E-state index in [0.29, 0.717) is 22.9 Å². The third kappa shape index (κ3) is 5.18. The van der Waals surface area contributed by atoms with Crippen molar-refractivity contribution in [2.24, 2.45) is 17.3 Å². The molecular formula is C30H35ClF3N3O3. The Morgan fingerprint density at radius 2 is 1.77 bits per heavy atom. The Labute approximate surface area is 237 Å². The fourth-order valence-corrected chi connectivity index (χ4v) is 6.78. The number of carbonyl (C=O) groups is 2. The van der Waals surface area contributed by atoms with Crippen molar-refractivity contribution < 1.29 is 27.9 Å². The molecule has 216 valence electrons. The van der Waals surface area contributed by atoms with E-state index in [1.54, 1.807) is 6.07 Å². The first-order valence-corrected chi connectivity index (χ1v) is 14.2. The average molecular weight is 578 g/mol. The number of amides is 2. The van der Waals surface area contributed by atoms with Gasteiger partial charge in [-0.25, -0.2) is 0 Å². The number of alkyl halides is 3. The van der Waals surface area contributed by atoms with Crippen molar-refractivity contribution in [1.82, 2.24) is 10.2 Å². The molecule has 0 unspecified atom stereocenters. The van der Waals surface area contributed by atoms with Crippen LogP contribution < -0.4 is 10.2 Å². The molecule has 6 nitrogen and oxygen atoms in total. The van der Waals surface area contributed by atoms with Crippen LogP contribution in [0.1, 0.15) is 54.9 Å². The monoisotopic (exact) mass is 577 g/mol. The van der Waals surface area contributed by atoms with E-state index in [0.717, 1.165) is 61.5 Å². The molecule has 1 spiro atoms. The maximum atomic E-state index is 13.9. The Balaban J connectivity index is 1.17. The first kappa shape index (κ1) is 28.7. The van der Waals surface area contributed by atoms with E-state index in [9.17, 15) is 27.9 Å². The van der Waals surface area contributed by atoms with E-state index in [1.807, 2.05) is 12.1 Å². The van der Waals surface area contributed by atoms with Crippen molar-refractivity contribution in [2.75, 3.05) is 31.6 Å². The van der Waals surface area contributed by atoms with Gasteiger partial charge < -0.3 is 20.2 Å². The summed E-state index contributed by atoms with van der Waals surface area (Å²) < 4.78 is 41.8. The number of halogens is 4. The molecule has 2 aliphatic carbocycles. The van der Waals surface area contributed by atoms with Gasteiger partial charge in [0.25, 0.3) is 17.4 Å². The average Bonchev–Trinajstić information content (AvgIpc) is 3.84. The quantitative estimate of drug-likeness (QED) is 0.442. The number of aliphatic hydroxyl groups is 1. The van der Waals surface area contributed by atoms with Gasteiger partial charge in [-0.05, 0) is 67.6 Å². The van der Waals surface area contributed by atoms with Gasteiger partial charge in [-0.3, -0.25) is 9.59 Å². The summed E-state index contributed by atoms with van der Waals surface area (Å²) in [6.07, 6.45) is -0.715. The summed E-state index contributed by atoms with van der Waals surface area (Å²) in [7, 11) is 1.32. The second-order valence-corrected chi connectivity index (χ2v) is 12.0. The molecule has 5 rings (SSSR count). The van der Waals surface area contributed by atoms with Crippen molar-refractivity contribution in [3.8, 4) is 0 Å². The zero-order valence-electron chi connectivity index (χ0n) is 22.7. The van der Waals surface area contributed by atoms with E-state index < -0.39 is 23.2 Å². The maximum absolute atomic E-state index is 13.9. The first-order valence-electron chi connectivity index (χ1n) is 13.8. The lowest BCUT2D eigenvalue weighted by Crippen LogP contribution is -2.55. The summed E-state index contributed by atoms with van der Waals surface area (Å²) in [5.41, 5.74) is -2.54. The minimum Gasteiger partial charge on any atom is -0.371 e. The van der Waals surface area contributed by atoms with Crippen LogP contribution in [0.4, 0.5) is 18.9 Å². The number of hydrogen-bond donors (Lipinski definition) is 2. The number of rotatable bonds is 8. The number of anilines is 1. The number of carbonyl (C=O) groups excluding carboxylic acids is 2. The third-order valence-electron chi connectivity index (χ3n) is 9.34. The highest BCUT2D eigenvalue weighted by Gasteiger charge is 2.63. The van der Waals surface area contributed by atoms with Gasteiger partial charge in [0, 0.05) is 44.0 Å². The lowest BCUT2D eigenvalue weighted by Gasteiger charge is -2.36. The summed E-state index contributed by atoms with van der Waals surface area (Å²) in [6, 6.07) is 12.3. The summed E-state index contributed by atoms with van der Waals surface area (Å²) in [4.78, 5) is 28.6. The first-order chi connectivity index (χ1) is 18.9.